The van der Waals surface area contributed by atoms with Gasteiger partial charge < -0.3 is 4.74 Å². The van der Waals surface area contributed by atoms with Crippen LogP contribution >= 0.6 is 11.3 Å². The summed E-state index contributed by atoms with van der Waals surface area (Å²) in [7, 11) is 0. The first kappa shape index (κ1) is 17.6. The van der Waals surface area contributed by atoms with Crippen molar-refractivity contribution in [3.05, 3.63) is 21.4 Å². The van der Waals surface area contributed by atoms with Crippen LogP contribution in [-0.4, -0.2) is 23.5 Å². The van der Waals surface area contributed by atoms with Crippen molar-refractivity contribution in [3.8, 4) is 0 Å². The number of fused-ring (bicyclic) bond motifs is 1. The predicted octanol–water partition coefficient (Wildman–Crippen LogP) is 4.05. The quantitative estimate of drug-likeness (QED) is 0.751. The van der Waals surface area contributed by atoms with E-state index in [1.54, 1.807) is 11.3 Å². The third-order valence-corrected chi connectivity index (χ3v) is 5.82. The fourth-order valence-electron chi connectivity index (χ4n) is 3.34. The first-order chi connectivity index (χ1) is 11.2. The van der Waals surface area contributed by atoms with E-state index in [0.717, 1.165) is 24.1 Å². The van der Waals surface area contributed by atoms with E-state index in [2.05, 4.69) is 6.07 Å². The molecule has 3 nitrogen and oxygen atoms in total. The van der Waals surface area contributed by atoms with Gasteiger partial charge in [-0.15, -0.1) is 11.3 Å². The van der Waals surface area contributed by atoms with Crippen molar-refractivity contribution in [2.75, 3.05) is 0 Å². The molecular formula is C19H25FO3S. The van der Waals surface area contributed by atoms with Crippen LogP contribution in [0.4, 0.5) is 4.39 Å². The molecule has 0 radical (unpaired) electrons. The van der Waals surface area contributed by atoms with Crippen LogP contribution in [0.3, 0.4) is 0 Å². The van der Waals surface area contributed by atoms with E-state index in [4.69, 9.17) is 4.74 Å². The molecule has 0 spiro atoms. The lowest BCUT2D eigenvalue weighted by molar-refractivity contribution is -0.156. The number of rotatable bonds is 5. The van der Waals surface area contributed by atoms with E-state index in [1.165, 1.54) is 10.4 Å². The molecule has 5 heteroatoms. The fourth-order valence-corrected chi connectivity index (χ4v) is 4.57. The average Bonchev–Trinajstić information content (AvgIpc) is 3.04. The summed E-state index contributed by atoms with van der Waals surface area (Å²) >= 11 is 1.68. The highest BCUT2D eigenvalue weighted by atomic mass is 32.1. The second kappa shape index (κ2) is 6.58. The maximum absolute atomic E-state index is 13.0. The molecule has 0 saturated heterocycles. The van der Waals surface area contributed by atoms with Crippen LogP contribution in [-0.2, 0) is 33.6 Å². The van der Waals surface area contributed by atoms with Crippen LogP contribution < -0.4 is 0 Å². The van der Waals surface area contributed by atoms with Gasteiger partial charge in [0.1, 0.15) is 17.6 Å². The molecule has 3 atom stereocenters. The second-order valence-electron chi connectivity index (χ2n) is 8.06. The summed E-state index contributed by atoms with van der Waals surface area (Å²) in [5.41, 5.74) is 0.819. The van der Waals surface area contributed by atoms with Crippen LogP contribution in [0.25, 0.3) is 0 Å². The number of hydrogen-bond acceptors (Lipinski definition) is 4. The Morgan fingerprint density at radius 3 is 2.71 bits per heavy atom. The van der Waals surface area contributed by atoms with Crippen LogP contribution in [0, 0.1) is 11.8 Å². The largest absolute Gasteiger partial charge is 0.460 e. The summed E-state index contributed by atoms with van der Waals surface area (Å²) in [5, 5.41) is 0. The topological polar surface area (TPSA) is 43.4 Å². The normalized spacial score (nSPS) is 25.9. The maximum Gasteiger partial charge on any atom is 0.306 e. The van der Waals surface area contributed by atoms with Crippen LogP contribution in [0.2, 0.25) is 0 Å². The van der Waals surface area contributed by atoms with Crippen LogP contribution in [0.15, 0.2) is 6.07 Å². The van der Waals surface area contributed by atoms with Gasteiger partial charge in [-0.05, 0) is 64.0 Å². The molecule has 0 amide bonds. The van der Waals surface area contributed by atoms with E-state index in [1.807, 2.05) is 20.8 Å². The average molecular weight is 352 g/mol. The minimum Gasteiger partial charge on any atom is -0.460 e. The summed E-state index contributed by atoms with van der Waals surface area (Å²) in [5.74, 6) is -0.149. The van der Waals surface area contributed by atoms with Crippen molar-refractivity contribution in [2.45, 2.75) is 71.1 Å². The van der Waals surface area contributed by atoms with Crippen molar-refractivity contribution in [1.82, 2.24) is 0 Å². The fraction of sp³-hybridized carbons (Fsp3) is 0.684. The van der Waals surface area contributed by atoms with Gasteiger partial charge in [0, 0.05) is 22.6 Å². The molecular weight excluding hydrogens is 327 g/mol. The lowest BCUT2D eigenvalue weighted by Crippen LogP contribution is -2.26. The first-order valence-electron chi connectivity index (χ1n) is 8.70. The van der Waals surface area contributed by atoms with Gasteiger partial charge in [-0.1, -0.05) is 0 Å². The van der Waals surface area contributed by atoms with Gasteiger partial charge in [0.2, 0.25) is 0 Å². The smallest absolute Gasteiger partial charge is 0.306 e. The zero-order chi connectivity index (χ0) is 17.5. The molecule has 0 aliphatic heterocycles. The number of Topliss-reactive ketones (excluding diaryl/α,β-unsaturated/α-hetero) is 1. The Bertz CT molecular complexity index is 644. The number of alkyl halides is 1. The molecule has 3 rings (SSSR count). The Labute approximate surface area is 146 Å². The van der Waals surface area contributed by atoms with Gasteiger partial charge >= 0.3 is 5.97 Å². The van der Waals surface area contributed by atoms with E-state index in [-0.39, 0.29) is 17.7 Å². The lowest BCUT2D eigenvalue weighted by Gasteiger charge is -2.24. The first-order valence-corrected chi connectivity index (χ1v) is 9.52. The van der Waals surface area contributed by atoms with Crippen molar-refractivity contribution >= 4 is 23.1 Å². The third-order valence-electron chi connectivity index (χ3n) is 4.59. The Balaban J connectivity index is 1.56. The minimum atomic E-state index is -0.912. The number of thiophene rings is 1. The Morgan fingerprint density at radius 2 is 2.08 bits per heavy atom. The van der Waals surface area contributed by atoms with E-state index in [9.17, 15) is 14.0 Å². The van der Waals surface area contributed by atoms with E-state index < -0.39 is 11.8 Å². The molecule has 132 valence electrons. The van der Waals surface area contributed by atoms with E-state index >= 15 is 0 Å². The van der Waals surface area contributed by atoms with Gasteiger partial charge in [0.15, 0.2) is 0 Å². The van der Waals surface area contributed by atoms with Gasteiger partial charge in [-0.3, -0.25) is 9.59 Å². The summed E-state index contributed by atoms with van der Waals surface area (Å²) in [6.07, 6.45) is 3.11. The molecule has 0 aromatic carbocycles. The third kappa shape index (κ3) is 4.44. The summed E-state index contributed by atoms with van der Waals surface area (Å²) in [6.45, 7) is 5.65. The number of carbonyl (C=O) groups excluding carboxylic acids is 2. The Kier molecular flexibility index (Phi) is 4.82. The minimum absolute atomic E-state index is 0.0337. The van der Waals surface area contributed by atoms with Crippen molar-refractivity contribution < 1.29 is 18.7 Å². The maximum atomic E-state index is 13.0. The second-order valence-corrected chi connectivity index (χ2v) is 9.28. The standard InChI is InChI=1S/C19H25FO3S/c1-19(2,3)23-18(22)7-11-4-5-17-12(6-11)8-13(24-17)9-16(21)14-10-15(14)20/h8,11,14-15H,4-7,9-10H2,1-3H3/t11-,14-,15-/m0/s1. The number of esters is 1. The number of carbonyl (C=O) groups is 2. The number of ether oxygens (including phenoxy) is 1. The molecule has 24 heavy (non-hydrogen) atoms. The molecule has 1 aromatic heterocycles. The number of halogens is 1. The summed E-state index contributed by atoms with van der Waals surface area (Å²) in [4.78, 5) is 26.3. The van der Waals surface area contributed by atoms with Crippen molar-refractivity contribution in [2.24, 2.45) is 11.8 Å². The zero-order valence-electron chi connectivity index (χ0n) is 14.6. The number of ketones is 1. The zero-order valence-corrected chi connectivity index (χ0v) is 15.4. The summed E-state index contributed by atoms with van der Waals surface area (Å²) in [6, 6.07) is 2.09. The van der Waals surface area contributed by atoms with Crippen LogP contribution in [0.5, 0.6) is 0 Å². The van der Waals surface area contributed by atoms with Gasteiger partial charge in [0.05, 0.1) is 5.92 Å². The number of aryl methyl sites for hydroxylation is 1. The highest BCUT2D eigenvalue weighted by molar-refractivity contribution is 7.12. The van der Waals surface area contributed by atoms with Crippen molar-refractivity contribution in [1.29, 1.82) is 0 Å². The SMILES string of the molecule is CC(C)(C)OC(=O)C[C@H]1CCc2sc(CC(=O)[C@H]3C[C@@H]3F)cc2C1. The number of hydrogen-bond donors (Lipinski definition) is 0. The molecule has 0 unspecified atom stereocenters. The predicted molar refractivity (Wildman–Crippen MR) is 92.0 cm³/mol. The summed E-state index contributed by atoms with van der Waals surface area (Å²) < 4.78 is 18.4. The molecule has 1 aromatic rings. The highest BCUT2D eigenvalue weighted by Gasteiger charge is 2.43. The van der Waals surface area contributed by atoms with Crippen molar-refractivity contribution in [3.63, 3.8) is 0 Å². The molecule has 0 bridgehead atoms. The molecule has 2 aliphatic carbocycles. The lowest BCUT2D eigenvalue weighted by atomic mass is 9.86. The Hall–Kier alpha value is -1.23. The van der Waals surface area contributed by atoms with E-state index in [0.29, 0.717) is 25.2 Å². The Morgan fingerprint density at radius 1 is 1.38 bits per heavy atom. The van der Waals surface area contributed by atoms with Gasteiger partial charge in [0.25, 0.3) is 0 Å². The molecule has 1 saturated carbocycles. The molecule has 1 heterocycles. The monoisotopic (exact) mass is 352 g/mol. The molecule has 2 aliphatic rings. The van der Waals surface area contributed by atoms with Crippen LogP contribution in [0.1, 0.15) is 55.4 Å². The van der Waals surface area contributed by atoms with Gasteiger partial charge in [-0.2, -0.15) is 0 Å². The van der Waals surface area contributed by atoms with Gasteiger partial charge in [-0.25, -0.2) is 4.39 Å². The highest BCUT2D eigenvalue weighted by Crippen LogP contribution is 2.38. The molecule has 0 N–H and O–H groups in total. The molecule has 1 fully saturated rings.